The number of rotatable bonds is 4. The van der Waals surface area contributed by atoms with E-state index in [9.17, 15) is 28.1 Å². The van der Waals surface area contributed by atoms with Crippen LogP contribution in [0.5, 0.6) is 0 Å². The maximum atomic E-state index is 12.3. The van der Waals surface area contributed by atoms with Gasteiger partial charge >= 0.3 is 18.2 Å². The molecule has 0 aliphatic carbocycles. The van der Waals surface area contributed by atoms with Gasteiger partial charge in [0.1, 0.15) is 0 Å². The number of ether oxygens (including phenoxy) is 1. The highest BCUT2D eigenvalue weighted by Crippen LogP contribution is 2.29. The second kappa shape index (κ2) is 5.68. The molecular weight excluding hydrogens is 267 g/mol. The van der Waals surface area contributed by atoms with Gasteiger partial charge in [-0.1, -0.05) is 12.1 Å². The first-order valence-electron chi connectivity index (χ1n) is 5.13. The Labute approximate surface area is 106 Å². The van der Waals surface area contributed by atoms with Crippen molar-refractivity contribution in [3.05, 3.63) is 45.5 Å². The van der Waals surface area contributed by atoms with Gasteiger partial charge in [0.25, 0.3) is 0 Å². The summed E-state index contributed by atoms with van der Waals surface area (Å²) in [5, 5.41) is 10.7. The van der Waals surface area contributed by atoms with Crippen LogP contribution < -0.4 is 0 Å². The average molecular weight is 277 g/mol. The van der Waals surface area contributed by atoms with Crippen molar-refractivity contribution in [3.63, 3.8) is 0 Å². The van der Waals surface area contributed by atoms with E-state index in [-0.39, 0.29) is 12.0 Å². The van der Waals surface area contributed by atoms with E-state index in [1.165, 1.54) is 0 Å². The minimum Gasteiger partial charge on any atom is -0.464 e. The minimum atomic E-state index is -4.47. The summed E-state index contributed by atoms with van der Waals surface area (Å²) in [5.41, 5.74) is -0.605. The van der Waals surface area contributed by atoms with Crippen LogP contribution in [0.15, 0.2) is 24.3 Å². The van der Waals surface area contributed by atoms with E-state index in [0.29, 0.717) is 0 Å². The molecule has 0 saturated heterocycles. The van der Waals surface area contributed by atoms with Crippen molar-refractivity contribution in [2.45, 2.75) is 18.6 Å². The molecule has 1 rings (SSSR count). The number of hydrogen-bond donors (Lipinski definition) is 0. The van der Waals surface area contributed by atoms with Gasteiger partial charge in [-0.2, -0.15) is 13.2 Å². The lowest BCUT2D eigenvalue weighted by atomic mass is 10.0. The fraction of sp³-hybridized carbons (Fsp3) is 0.364. The highest BCUT2D eigenvalue weighted by Gasteiger charge is 2.32. The van der Waals surface area contributed by atoms with Crippen molar-refractivity contribution in [1.29, 1.82) is 0 Å². The van der Waals surface area contributed by atoms with Gasteiger partial charge in [-0.25, -0.2) is 4.79 Å². The summed E-state index contributed by atoms with van der Waals surface area (Å²) < 4.78 is 41.2. The van der Waals surface area contributed by atoms with Crippen LogP contribution in [0.1, 0.15) is 11.1 Å². The molecule has 5 nitrogen and oxygen atoms in total. The molecular formula is C11H10F3NO4. The molecule has 0 amide bonds. The number of benzene rings is 1. The molecule has 8 heteroatoms. The molecule has 0 spiro atoms. The highest BCUT2D eigenvalue weighted by atomic mass is 19.4. The van der Waals surface area contributed by atoms with E-state index >= 15 is 0 Å². The zero-order chi connectivity index (χ0) is 14.6. The van der Waals surface area contributed by atoms with Crippen LogP contribution in [0.4, 0.5) is 13.2 Å². The maximum absolute atomic E-state index is 12.3. The first-order valence-corrected chi connectivity index (χ1v) is 5.13. The molecule has 0 radical (unpaired) electrons. The number of carbonyl (C=O) groups is 1. The summed E-state index contributed by atoms with van der Waals surface area (Å²) in [6.07, 6.45) is -4.79. The predicted molar refractivity (Wildman–Crippen MR) is 57.9 cm³/mol. The lowest BCUT2D eigenvalue weighted by Gasteiger charge is -2.09. The van der Waals surface area contributed by atoms with Gasteiger partial charge < -0.3 is 4.74 Å². The second-order valence-corrected chi connectivity index (χ2v) is 3.72. The first kappa shape index (κ1) is 14.9. The number of methoxy groups -OCH3 is 1. The topological polar surface area (TPSA) is 69.4 Å². The van der Waals surface area contributed by atoms with Crippen molar-refractivity contribution in [2.75, 3.05) is 7.11 Å². The molecule has 0 aliphatic rings. The SMILES string of the molecule is COC(=O)C(Cc1ccc(C(F)(F)F)cc1)[N+](=O)[O-]. The molecule has 1 unspecified atom stereocenters. The van der Waals surface area contributed by atoms with E-state index in [1.807, 2.05) is 0 Å². The maximum Gasteiger partial charge on any atom is 0.416 e. The molecule has 0 aliphatic heterocycles. The van der Waals surface area contributed by atoms with Crippen LogP contribution in [0.3, 0.4) is 0 Å². The number of hydrogen-bond acceptors (Lipinski definition) is 4. The fourth-order valence-corrected chi connectivity index (χ4v) is 1.43. The normalized spacial score (nSPS) is 12.8. The van der Waals surface area contributed by atoms with Crippen LogP contribution in [-0.4, -0.2) is 24.0 Å². The first-order chi connectivity index (χ1) is 8.75. The molecule has 1 atom stereocenters. The Morgan fingerprint density at radius 2 is 1.89 bits per heavy atom. The Bertz CT molecular complexity index is 470. The van der Waals surface area contributed by atoms with Crippen LogP contribution >= 0.6 is 0 Å². The summed E-state index contributed by atoms with van der Waals surface area (Å²) in [4.78, 5) is 21.0. The smallest absolute Gasteiger partial charge is 0.416 e. The zero-order valence-corrected chi connectivity index (χ0v) is 9.81. The molecule has 19 heavy (non-hydrogen) atoms. The van der Waals surface area contributed by atoms with Crippen molar-refractivity contribution >= 4 is 5.97 Å². The molecule has 1 aromatic carbocycles. The van der Waals surface area contributed by atoms with Crippen molar-refractivity contribution < 1.29 is 27.6 Å². The molecule has 0 saturated carbocycles. The van der Waals surface area contributed by atoms with Crippen molar-refractivity contribution in [3.8, 4) is 0 Å². The van der Waals surface area contributed by atoms with Crippen molar-refractivity contribution in [2.24, 2.45) is 0 Å². The Morgan fingerprint density at radius 1 is 1.37 bits per heavy atom. The lowest BCUT2D eigenvalue weighted by Crippen LogP contribution is -2.32. The summed E-state index contributed by atoms with van der Waals surface area (Å²) in [7, 11) is 1.01. The van der Waals surface area contributed by atoms with E-state index in [0.717, 1.165) is 31.4 Å². The van der Waals surface area contributed by atoms with Crippen molar-refractivity contribution in [1.82, 2.24) is 0 Å². The third kappa shape index (κ3) is 3.94. The largest absolute Gasteiger partial charge is 0.464 e. The Morgan fingerprint density at radius 3 is 2.26 bits per heavy atom. The Kier molecular flexibility index (Phi) is 4.47. The number of halogens is 3. The van der Waals surface area contributed by atoms with Crippen LogP contribution in [0.2, 0.25) is 0 Å². The number of carbonyl (C=O) groups excluding carboxylic acids is 1. The van der Waals surface area contributed by atoms with Gasteiger partial charge in [0.05, 0.1) is 19.1 Å². The van der Waals surface area contributed by atoms with Gasteiger partial charge in [-0.3, -0.25) is 10.1 Å². The third-order valence-corrected chi connectivity index (χ3v) is 2.44. The van der Waals surface area contributed by atoms with Crippen LogP contribution in [-0.2, 0) is 22.1 Å². The molecule has 104 valence electrons. The number of esters is 1. The molecule has 0 N–H and O–H groups in total. The van der Waals surface area contributed by atoms with Gasteiger partial charge in [-0.15, -0.1) is 0 Å². The van der Waals surface area contributed by atoms with E-state index in [1.54, 1.807) is 0 Å². The summed E-state index contributed by atoms with van der Waals surface area (Å²) in [6.45, 7) is 0. The third-order valence-electron chi connectivity index (χ3n) is 2.44. The van der Waals surface area contributed by atoms with Gasteiger partial charge in [0.15, 0.2) is 0 Å². The van der Waals surface area contributed by atoms with Gasteiger partial charge in [0.2, 0.25) is 0 Å². The van der Waals surface area contributed by atoms with E-state index in [2.05, 4.69) is 4.74 Å². The predicted octanol–water partition coefficient (Wildman–Crippen LogP) is 2.07. The average Bonchev–Trinajstić information content (AvgIpc) is 2.34. The van der Waals surface area contributed by atoms with E-state index < -0.39 is 28.7 Å². The Balaban J connectivity index is 2.87. The zero-order valence-electron chi connectivity index (χ0n) is 9.81. The lowest BCUT2D eigenvalue weighted by molar-refractivity contribution is -0.509. The number of nitrogens with zero attached hydrogens (tertiary/aromatic N) is 1. The van der Waals surface area contributed by atoms with Crippen LogP contribution in [0, 0.1) is 10.1 Å². The Hall–Kier alpha value is -2.12. The molecule has 0 heterocycles. The summed E-state index contributed by atoms with van der Waals surface area (Å²) in [5.74, 6) is -1.04. The quantitative estimate of drug-likeness (QED) is 0.480. The molecule has 0 bridgehead atoms. The molecule has 0 fully saturated rings. The number of alkyl halides is 3. The number of nitro groups is 1. The highest BCUT2D eigenvalue weighted by molar-refractivity contribution is 5.74. The summed E-state index contributed by atoms with van der Waals surface area (Å²) >= 11 is 0. The van der Waals surface area contributed by atoms with Gasteiger partial charge in [0, 0.05) is 4.92 Å². The monoisotopic (exact) mass is 277 g/mol. The molecule has 1 aromatic rings. The minimum absolute atomic E-state index is 0.250. The second-order valence-electron chi connectivity index (χ2n) is 3.72. The summed E-state index contributed by atoms with van der Waals surface area (Å²) in [6, 6.07) is 2.19. The fourth-order valence-electron chi connectivity index (χ4n) is 1.43. The molecule has 0 aromatic heterocycles. The van der Waals surface area contributed by atoms with Gasteiger partial charge in [-0.05, 0) is 17.7 Å². The standard InChI is InChI=1S/C11H10F3NO4/c1-19-10(16)9(15(17)18)6-7-2-4-8(5-3-7)11(12,13)14/h2-5,9H,6H2,1H3. The van der Waals surface area contributed by atoms with Crippen LogP contribution in [0.25, 0.3) is 0 Å². The van der Waals surface area contributed by atoms with E-state index in [4.69, 9.17) is 0 Å².